The predicted octanol–water partition coefficient (Wildman–Crippen LogP) is 4.98. The van der Waals surface area contributed by atoms with Gasteiger partial charge in [-0.15, -0.1) is 11.8 Å². The first kappa shape index (κ1) is 22.1. The van der Waals surface area contributed by atoms with Crippen molar-refractivity contribution in [2.45, 2.75) is 31.7 Å². The van der Waals surface area contributed by atoms with E-state index in [0.717, 1.165) is 27.1 Å². The highest BCUT2D eigenvalue weighted by atomic mass is 32.2. The summed E-state index contributed by atoms with van der Waals surface area (Å²) in [5, 5.41) is 2.29. The number of hydrogen-bond donors (Lipinski definition) is 0. The molecule has 5 nitrogen and oxygen atoms in total. The summed E-state index contributed by atoms with van der Waals surface area (Å²) in [4.78, 5) is 25.8. The van der Waals surface area contributed by atoms with Crippen LogP contribution in [0, 0.1) is 13.8 Å². The quantitative estimate of drug-likeness (QED) is 0.275. The molecule has 3 rings (SSSR count). The summed E-state index contributed by atoms with van der Waals surface area (Å²) in [7, 11) is 1.66. The minimum Gasteiger partial charge on any atom is -0.457 e. The van der Waals surface area contributed by atoms with Gasteiger partial charge in [0.15, 0.2) is 6.61 Å². The molecular weight excluding hydrogens is 398 g/mol. The first-order valence-electron chi connectivity index (χ1n) is 9.88. The number of Topliss-reactive ketones (excluding diaryl/α,β-unsaturated/α-hetero) is 1. The van der Waals surface area contributed by atoms with Crippen molar-refractivity contribution in [2.24, 2.45) is 0 Å². The predicted molar refractivity (Wildman–Crippen MR) is 120 cm³/mol. The van der Waals surface area contributed by atoms with Gasteiger partial charge in [0, 0.05) is 29.0 Å². The fraction of sp³-hybridized carbons (Fsp3) is 0.333. The van der Waals surface area contributed by atoms with Gasteiger partial charge in [-0.3, -0.25) is 9.59 Å². The van der Waals surface area contributed by atoms with Crippen molar-refractivity contribution in [1.82, 2.24) is 4.57 Å². The smallest absolute Gasteiger partial charge is 0.316 e. The van der Waals surface area contributed by atoms with Crippen molar-refractivity contribution in [3.8, 4) is 0 Å². The third-order valence-corrected chi connectivity index (χ3v) is 6.04. The van der Waals surface area contributed by atoms with Gasteiger partial charge in [-0.05, 0) is 49.7 Å². The monoisotopic (exact) mass is 425 g/mol. The zero-order valence-corrected chi connectivity index (χ0v) is 18.6. The van der Waals surface area contributed by atoms with E-state index in [9.17, 15) is 9.59 Å². The molecule has 0 unspecified atom stereocenters. The van der Waals surface area contributed by atoms with Gasteiger partial charge in [0.1, 0.15) is 0 Å². The molecule has 0 N–H and O–H groups in total. The molecule has 1 atom stereocenters. The van der Waals surface area contributed by atoms with Crippen LogP contribution in [0.1, 0.15) is 34.7 Å². The normalized spacial score (nSPS) is 12.1. The Labute approximate surface area is 181 Å². The second-order valence-electron chi connectivity index (χ2n) is 7.34. The molecule has 6 heteroatoms. The SMILES string of the molecule is COC[C@@H](C)n1c(C)cc(C(=O)COC(=O)CSc2ccc3ccccc3c2)c1C. The number of ether oxygens (including phenoxy) is 2. The van der Waals surface area contributed by atoms with Crippen LogP contribution in [0.5, 0.6) is 0 Å². The van der Waals surface area contributed by atoms with Crippen LogP contribution < -0.4 is 0 Å². The van der Waals surface area contributed by atoms with E-state index >= 15 is 0 Å². The number of carbonyl (C=O) groups excluding carboxylic acids is 2. The maximum absolute atomic E-state index is 12.6. The van der Waals surface area contributed by atoms with Crippen molar-refractivity contribution < 1.29 is 19.1 Å². The van der Waals surface area contributed by atoms with Crippen molar-refractivity contribution in [3.63, 3.8) is 0 Å². The third-order valence-electron chi connectivity index (χ3n) is 5.08. The van der Waals surface area contributed by atoms with Gasteiger partial charge < -0.3 is 14.0 Å². The summed E-state index contributed by atoms with van der Waals surface area (Å²) in [5.41, 5.74) is 2.44. The van der Waals surface area contributed by atoms with Crippen LogP contribution in [0.25, 0.3) is 10.8 Å². The minimum absolute atomic E-state index is 0.123. The molecule has 0 radical (unpaired) electrons. The Bertz CT molecular complexity index is 1060. The van der Waals surface area contributed by atoms with Gasteiger partial charge in [0.05, 0.1) is 18.4 Å². The number of fused-ring (bicyclic) bond motifs is 1. The van der Waals surface area contributed by atoms with Crippen LogP contribution in [0.3, 0.4) is 0 Å². The number of ketones is 1. The molecule has 0 saturated heterocycles. The molecule has 2 aromatic carbocycles. The van der Waals surface area contributed by atoms with Crippen LogP contribution in [0.15, 0.2) is 53.4 Å². The second-order valence-corrected chi connectivity index (χ2v) is 8.39. The minimum atomic E-state index is -0.400. The number of esters is 1. The van der Waals surface area contributed by atoms with Gasteiger partial charge in [-0.25, -0.2) is 0 Å². The lowest BCUT2D eigenvalue weighted by atomic mass is 10.1. The molecule has 0 bridgehead atoms. The van der Waals surface area contributed by atoms with Crippen molar-refractivity contribution >= 4 is 34.3 Å². The van der Waals surface area contributed by atoms with Gasteiger partial charge in [0.2, 0.25) is 5.78 Å². The third kappa shape index (κ3) is 5.12. The lowest BCUT2D eigenvalue weighted by Crippen LogP contribution is -2.17. The van der Waals surface area contributed by atoms with Gasteiger partial charge >= 0.3 is 5.97 Å². The summed E-state index contributed by atoms with van der Waals surface area (Å²) in [5.74, 6) is -0.429. The summed E-state index contributed by atoms with van der Waals surface area (Å²) >= 11 is 1.41. The van der Waals surface area contributed by atoms with Crippen LogP contribution in [-0.4, -0.2) is 42.4 Å². The Hall–Kier alpha value is -2.57. The molecule has 30 heavy (non-hydrogen) atoms. The average Bonchev–Trinajstić information content (AvgIpc) is 3.04. The van der Waals surface area contributed by atoms with E-state index in [1.165, 1.54) is 11.8 Å². The van der Waals surface area contributed by atoms with Crippen LogP contribution in [0.4, 0.5) is 0 Å². The first-order chi connectivity index (χ1) is 14.4. The number of nitrogens with zero attached hydrogens (tertiary/aromatic N) is 1. The molecule has 0 aliphatic carbocycles. The van der Waals surface area contributed by atoms with Crippen molar-refractivity contribution in [1.29, 1.82) is 0 Å². The molecule has 0 spiro atoms. The fourth-order valence-corrected chi connectivity index (χ4v) is 4.46. The summed E-state index contributed by atoms with van der Waals surface area (Å²) in [6.45, 7) is 6.22. The topological polar surface area (TPSA) is 57.5 Å². The van der Waals surface area contributed by atoms with E-state index in [4.69, 9.17) is 9.47 Å². The molecule has 0 saturated carbocycles. The number of thioether (sulfide) groups is 1. The number of carbonyl (C=O) groups is 2. The largest absolute Gasteiger partial charge is 0.457 e. The van der Waals surface area contributed by atoms with Gasteiger partial charge in [-0.1, -0.05) is 30.3 Å². The Morgan fingerprint density at radius 1 is 1.07 bits per heavy atom. The first-order valence-corrected chi connectivity index (χ1v) is 10.9. The van der Waals surface area contributed by atoms with Crippen molar-refractivity contribution in [3.05, 3.63) is 65.5 Å². The van der Waals surface area contributed by atoms with Crippen molar-refractivity contribution in [2.75, 3.05) is 26.1 Å². The highest BCUT2D eigenvalue weighted by Gasteiger charge is 2.20. The number of aromatic nitrogens is 1. The summed E-state index contributed by atoms with van der Waals surface area (Å²) < 4.78 is 12.5. The number of rotatable bonds is 9. The molecule has 0 aliphatic heterocycles. The van der Waals surface area contributed by atoms with Gasteiger partial charge in [0.25, 0.3) is 0 Å². The Morgan fingerprint density at radius 3 is 2.53 bits per heavy atom. The summed E-state index contributed by atoms with van der Waals surface area (Å²) in [6, 6.07) is 16.1. The highest BCUT2D eigenvalue weighted by molar-refractivity contribution is 8.00. The number of hydrogen-bond acceptors (Lipinski definition) is 5. The molecule has 158 valence electrons. The molecular formula is C24H27NO4S. The van der Waals surface area contributed by atoms with Crippen LogP contribution in [0.2, 0.25) is 0 Å². The Morgan fingerprint density at radius 2 is 1.80 bits per heavy atom. The molecule has 1 heterocycles. The van der Waals surface area contributed by atoms with E-state index in [0.29, 0.717) is 12.2 Å². The average molecular weight is 426 g/mol. The maximum Gasteiger partial charge on any atom is 0.316 e. The van der Waals surface area contributed by atoms with Crippen LogP contribution in [-0.2, 0) is 14.3 Å². The van der Waals surface area contributed by atoms with E-state index < -0.39 is 5.97 Å². The Balaban J connectivity index is 1.55. The number of methoxy groups -OCH3 is 1. The van der Waals surface area contributed by atoms with E-state index in [2.05, 4.69) is 16.7 Å². The van der Waals surface area contributed by atoms with E-state index in [1.54, 1.807) is 7.11 Å². The molecule has 0 fully saturated rings. The summed E-state index contributed by atoms with van der Waals surface area (Å²) in [6.07, 6.45) is 0. The Kier molecular flexibility index (Phi) is 7.34. The highest BCUT2D eigenvalue weighted by Crippen LogP contribution is 2.24. The maximum atomic E-state index is 12.6. The fourth-order valence-electron chi connectivity index (χ4n) is 3.72. The lowest BCUT2D eigenvalue weighted by molar-refractivity contribution is -0.139. The standard InChI is InChI=1S/C24H27NO4S/c1-16-11-22(18(3)25(16)17(2)13-28-4)23(26)14-29-24(27)15-30-21-10-9-19-7-5-6-8-20(19)12-21/h5-12,17H,13-15H2,1-4H3/t17-/m1/s1. The number of benzene rings is 2. The molecule has 0 aliphatic rings. The molecule has 1 aromatic heterocycles. The second kappa shape index (κ2) is 9.96. The number of aryl methyl sites for hydroxylation is 1. The van der Waals surface area contributed by atoms with E-state index in [1.807, 2.05) is 57.2 Å². The zero-order valence-electron chi connectivity index (χ0n) is 17.8. The molecule has 3 aromatic rings. The van der Waals surface area contributed by atoms with Crippen LogP contribution >= 0.6 is 11.8 Å². The van der Waals surface area contributed by atoms with Gasteiger partial charge in [-0.2, -0.15) is 0 Å². The lowest BCUT2D eigenvalue weighted by Gasteiger charge is -2.17. The molecule has 0 amide bonds. The zero-order chi connectivity index (χ0) is 21.7. The van der Waals surface area contributed by atoms with E-state index in [-0.39, 0.29) is 24.2 Å².